The number of aryl methyl sites for hydroxylation is 1. The highest BCUT2D eigenvalue weighted by Crippen LogP contribution is 2.56. The van der Waals surface area contributed by atoms with Gasteiger partial charge in [0.25, 0.3) is 5.56 Å². The summed E-state index contributed by atoms with van der Waals surface area (Å²) in [5, 5.41) is 10.4. The van der Waals surface area contributed by atoms with Crippen molar-refractivity contribution < 1.29 is 0 Å². The van der Waals surface area contributed by atoms with Gasteiger partial charge in [-0.1, -0.05) is 6.07 Å². The van der Waals surface area contributed by atoms with Crippen LogP contribution in [0.25, 0.3) is 11.3 Å². The van der Waals surface area contributed by atoms with Gasteiger partial charge in [-0.25, -0.2) is 4.79 Å². The monoisotopic (exact) mass is 326 g/mol. The van der Waals surface area contributed by atoms with Crippen LogP contribution in [0.5, 0.6) is 0 Å². The fraction of sp³-hybridized carbons (Fsp3) is 0.250. The van der Waals surface area contributed by atoms with Crippen LogP contribution in [-0.2, 0) is 0 Å². The maximum Gasteiger partial charge on any atom is 0.325 e. The number of nitrogens with one attached hydrogen (secondary N) is 2. The van der Waals surface area contributed by atoms with Crippen LogP contribution >= 0.6 is 11.3 Å². The normalized spacial score (nSPS) is 19.7. The van der Waals surface area contributed by atoms with Crippen molar-refractivity contribution in [2.75, 3.05) is 0 Å². The topological polar surface area (TPSA) is 91.5 Å². The molecule has 1 aliphatic carbocycles. The molecule has 4 rings (SSSR count). The van der Waals surface area contributed by atoms with Gasteiger partial charge in [0.05, 0.1) is 11.3 Å². The zero-order chi connectivity index (χ0) is 16.0. The van der Waals surface area contributed by atoms with Crippen LogP contribution < -0.4 is 11.2 Å². The van der Waals surface area contributed by atoms with Crippen LogP contribution in [0.4, 0.5) is 0 Å². The van der Waals surface area contributed by atoms with Gasteiger partial charge in [-0.2, -0.15) is 5.10 Å². The molecule has 0 unspecified atom stereocenters. The molecular formula is C16H14N4O2S. The second kappa shape index (κ2) is 5.27. The van der Waals surface area contributed by atoms with Crippen molar-refractivity contribution in [2.24, 2.45) is 0 Å². The summed E-state index contributed by atoms with van der Waals surface area (Å²) in [7, 11) is 0. The van der Waals surface area contributed by atoms with E-state index >= 15 is 0 Å². The molecule has 0 aromatic carbocycles. The number of hydrogen-bond donors (Lipinski definition) is 2. The van der Waals surface area contributed by atoms with Gasteiger partial charge < -0.3 is 4.98 Å². The van der Waals surface area contributed by atoms with Crippen molar-refractivity contribution in [3.63, 3.8) is 0 Å². The molecule has 0 bridgehead atoms. The van der Waals surface area contributed by atoms with E-state index in [1.807, 2.05) is 13.0 Å². The molecule has 0 radical (unpaired) electrons. The Hall–Kier alpha value is -2.54. The summed E-state index contributed by atoms with van der Waals surface area (Å²) < 4.78 is 0. The van der Waals surface area contributed by atoms with E-state index in [4.69, 9.17) is 0 Å². The second-order valence-electron chi connectivity index (χ2n) is 5.72. The summed E-state index contributed by atoms with van der Waals surface area (Å²) >= 11 is 1.77. The van der Waals surface area contributed by atoms with Crippen LogP contribution in [0.1, 0.15) is 34.4 Å². The van der Waals surface area contributed by atoms with Gasteiger partial charge in [0.1, 0.15) is 5.69 Å². The molecule has 1 aliphatic rings. The van der Waals surface area contributed by atoms with E-state index in [1.165, 1.54) is 11.1 Å². The van der Waals surface area contributed by atoms with Crippen molar-refractivity contribution >= 4 is 11.3 Å². The Bertz CT molecular complexity index is 974. The van der Waals surface area contributed by atoms with Gasteiger partial charge in [0, 0.05) is 17.0 Å². The molecule has 3 aromatic rings. The molecular weight excluding hydrogens is 312 g/mol. The highest BCUT2D eigenvalue weighted by molar-refractivity contribution is 7.10. The first-order valence-corrected chi connectivity index (χ1v) is 8.21. The van der Waals surface area contributed by atoms with Crippen molar-refractivity contribution in [3.8, 4) is 11.3 Å². The van der Waals surface area contributed by atoms with Crippen LogP contribution in [-0.4, -0.2) is 20.2 Å². The first-order chi connectivity index (χ1) is 11.1. The minimum absolute atomic E-state index is 0.326. The van der Waals surface area contributed by atoms with Gasteiger partial charge in [0.15, 0.2) is 0 Å². The minimum Gasteiger partial charge on any atom is -0.313 e. The van der Waals surface area contributed by atoms with Gasteiger partial charge in [-0.3, -0.25) is 9.78 Å². The molecule has 23 heavy (non-hydrogen) atoms. The molecule has 116 valence electrons. The Morgan fingerprint density at radius 3 is 2.87 bits per heavy atom. The second-order valence-corrected chi connectivity index (χ2v) is 6.70. The molecule has 0 amide bonds. The molecule has 2 N–H and O–H groups in total. The average molecular weight is 326 g/mol. The van der Waals surface area contributed by atoms with E-state index in [9.17, 15) is 9.59 Å². The first kappa shape index (κ1) is 14.1. The standard InChI is InChI=1S/C16H14N4O2S/c1-8-9(10-5-11(10)14-3-2-4-23-14)6-13(20-19-8)12-7-17-16(22)18-15(12)21/h2-4,6-7,10-11H,5H2,1H3,(H2,17,18,21,22)/t10-,11+/m1/s1. The predicted octanol–water partition coefficient (Wildman–Crippen LogP) is 2.16. The molecule has 1 fully saturated rings. The van der Waals surface area contributed by atoms with E-state index in [-0.39, 0.29) is 0 Å². The zero-order valence-corrected chi connectivity index (χ0v) is 13.2. The lowest BCUT2D eigenvalue weighted by atomic mass is 10.1. The SMILES string of the molecule is Cc1nnc(-c2c[nH]c(=O)[nH]c2=O)cc1[C@H]1C[C@@H]1c1cccs1. The number of rotatable bonds is 3. The third kappa shape index (κ3) is 2.53. The van der Waals surface area contributed by atoms with Gasteiger partial charge in [0.2, 0.25) is 0 Å². The fourth-order valence-corrected chi connectivity index (χ4v) is 3.84. The third-order valence-corrected chi connectivity index (χ3v) is 5.22. The molecule has 0 aliphatic heterocycles. The highest BCUT2D eigenvalue weighted by Gasteiger charge is 2.41. The van der Waals surface area contributed by atoms with Crippen molar-refractivity contribution in [3.05, 3.63) is 66.7 Å². The lowest BCUT2D eigenvalue weighted by molar-refractivity contribution is 0.914. The Morgan fingerprint density at radius 2 is 2.13 bits per heavy atom. The fourth-order valence-electron chi connectivity index (χ4n) is 2.93. The number of hydrogen-bond acceptors (Lipinski definition) is 5. The van der Waals surface area contributed by atoms with E-state index in [0.717, 1.165) is 17.7 Å². The van der Waals surface area contributed by atoms with Crippen LogP contribution in [0.2, 0.25) is 0 Å². The highest BCUT2D eigenvalue weighted by atomic mass is 32.1. The maximum absolute atomic E-state index is 11.9. The smallest absolute Gasteiger partial charge is 0.313 e. The summed E-state index contributed by atoms with van der Waals surface area (Å²) in [5.74, 6) is 0.948. The lowest BCUT2D eigenvalue weighted by Gasteiger charge is -2.06. The summed E-state index contributed by atoms with van der Waals surface area (Å²) in [4.78, 5) is 29.1. The Balaban J connectivity index is 1.72. The molecule has 0 saturated heterocycles. The molecule has 3 heterocycles. The Morgan fingerprint density at radius 1 is 1.26 bits per heavy atom. The van der Waals surface area contributed by atoms with E-state index in [2.05, 4.69) is 37.7 Å². The molecule has 6 nitrogen and oxygen atoms in total. The van der Waals surface area contributed by atoms with Crippen molar-refractivity contribution in [1.29, 1.82) is 0 Å². The van der Waals surface area contributed by atoms with Gasteiger partial charge in [-0.05, 0) is 42.3 Å². The van der Waals surface area contributed by atoms with Crippen LogP contribution in [0.3, 0.4) is 0 Å². The van der Waals surface area contributed by atoms with Crippen molar-refractivity contribution in [2.45, 2.75) is 25.2 Å². The zero-order valence-electron chi connectivity index (χ0n) is 12.4. The van der Waals surface area contributed by atoms with E-state index in [1.54, 1.807) is 11.3 Å². The molecule has 1 saturated carbocycles. The summed E-state index contributed by atoms with van der Waals surface area (Å²) in [6.45, 7) is 1.94. The summed E-state index contributed by atoms with van der Waals surface area (Å²) in [6, 6.07) is 6.15. The predicted molar refractivity (Wildman–Crippen MR) is 87.9 cm³/mol. The van der Waals surface area contributed by atoms with E-state index in [0.29, 0.717) is 23.1 Å². The number of aromatic amines is 2. The molecule has 0 spiro atoms. The first-order valence-electron chi connectivity index (χ1n) is 7.33. The Kier molecular flexibility index (Phi) is 3.23. The lowest BCUT2D eigenvalue weighted by Crippen LogP contribution is -2.23. The summed E-state index contributed by atoms with van der Waals surface area (Å²) in [6.07, 6.45) is 2.47. The van der Waals surface area contributed by atoms with Crippen LogP contribution in [0, 0.1) is 6.92 Å². The van der Waals surface area contributed by atoms with Crippen molar-refractivity contribution in [1.82, 2.24) is 20.2 Å². The molecule has 2 atom stereocenters. The maximum atomic E-state index is 11.9. The third-order valence-electron chi connectivity index (χ3n) is 4.21. The minimum atomic E-state index is -0.529. The number of thiophene rings is 1. The average Bonchev–Trinajstić information content (AvgIpc) is 3.12. The number of aromatic nitrogens is 4. The quantitative estimate of drug-likeness (QED) is 0.771. The molecule has 3 aromatic heterocycles. The summed E-state index contributed by atoms with van der Waals surface area (Å²) in [5.41, 5.74) is 1.84. The largest absolute Gasteiger partial charge is 0.325 e. The van der Waals surface area contributed by atoms with E-state index < -0.39 is 11.2 Å². The van der Waals surface area contributed by atoms with Gasteiger partial charge in [-0.15, -0.1) is 16.4 Å². The van der Waals surface area contributed by atoms with Crippen LogP contribution in [0.15, 0.2) is 39.4 Å². The molecule has 7 heteroatoms. The Labute approximate surface area is 135 Å². The number of nitrogens with zero attached hydrogens (tertiary/aromatic N) is 2. The van der Waals surface area contributed by atoms with Gasteiger partial charge >= 0.3 is 5.69 Å². The number of H-pyrrole nitrogens is 2.